The van der Waals surface area contributed by atoms with Crippen LogP contribution in [-0.4, -0.2) is 22.2 Å². The molecule has 4 nitrogen and oxygen atoms in total. The van der Waals surface area contributed by atoms with Crippen molar-refractivity contribution in [1.82, 2.24) is 15.1 Å². The molecule has 20 heavy (non-hydrogen) atoms. The van der Waals surface area contributed by atoms with Gasteiger partial charge in [0.1, 0.15) is 0 Å². The number of halogens is 4. The zero-order chi connectivity index (χ0) is 15.3. The lowest BCUT2D eigenvalue weighted by atomic mass is 10.3. The summed E-state index contributed by atoms with van der Waals surface area (Å²) in [7, 11) is 0. The molecule has 1 heterocycles. The number of rotatable bonds is 6. The van der Waals surface area contributed by atoms with E-state index in [1.54, 1.807) is 0 Å². The highest BCUT2D eigenvalue weighted by atomic mass is 35.5. The lowest BCUT2D eigenvalue weighted by Gasteiger charge is -2.06. The van der Waals surface area contributed by atoms with Crippen LogP contribution in [-0.2, 0) is 17.5 Å². The maximum atomic E-state index is 12.6. The summed E-state index contributed by atoms with van der Waals surface area (Å²) in [5.74, 6) is -0.0568. The number of nitrogens with zero attached hydrogens (tertiary/aromatic N) is 2. The van der Waals surface area contributed by atoms with Crippen molar-refractivity contribution >= 4 is 17.5 Å². The molecule has 114 valence electrons. The summed E-state index contributed by atoms with van der Waals surface area (Å²) in [6.45, 7) is 4.05. The summed E-state index contributed by atoms with van der Waals surface area (Å²) in [5, 5.41) is 5.80. The maximum Gasteiger partial charge on any atom is 0.436 e. The van der Waals surface area contributed by atoms with Gasteiger partial charge >= 0.3 is 6.18 Å². The van der Waals surface area contributed by atoms with Crippen LogP contribution in [0.4, 0.5) is 13.2 Å². The van der Waals surface area contributed by atoms with E-state index in [4.69, 9.17) is 11.6 Å². The van der Waals surface area contributed by atoms with Gasteiger partial charge in [0.15, 0.2) is 5.69 Å². The minimum absolute atomic E-state index is 0.0568. The van der Waals surface area contributed by atoms with Crippen LogP contribution in [0.5, 0.6) is 0 Å². The van der Waals surface area contributed by atoms with Crippen molar-refractivity contribution in [1.29, 1.82) is 0 Å². The Labute approximate surface area is 120 Å². The van der Waals surface area contributed by atoms with Gasteiger partial charge in [0, 0.05) is 19.5 Å². The van der Waals surface area contributed by atoms with Crippen molar-refractivity contribution in [3.63, 3.8) is 0 Å². The maximum absolute atomic E-state index is 12.6. The Kier molecular flexibility index (Phi) is 5.86. The number of nitrogens with one attached hydrogen (secondary N) is 1. The van der Waals surface area contributed by atoms with E-state index in [9.17, 15) is 18.0 Å². The van der Waals surface area contributed by atoms with Crippen molar-refractivity contribution in [2.24, 2.45) is 0 Å². The molecule has 0 spiro atoms. The predicted molar refractivity (Wildman–Crippen MR) is 69.5 cm³/mol. The molecular formula is C12H17ClF3N3O. The zero-order valence-electron chi connectivity index (χ0n) is 11.4. The highest BCUT2D eigenvalue weighted by molar-refractivity contribution is 6.31. The summed E-state index contributed by atoms with van der Waals surface area (Å²) in [6, 6.07) is 0. The first-order valence-electron chi connectivity index (χ1n) is 6.34. The molecule has 1 rings (SSSR count). The van der Waals surface area contributed by atoms with E-state index in [1.807, 2.05) is 6.92 Å². The average molecular weight is 312 g/mol. The number of amides is 1. The van der Waals surface area contributed by atoms with Gasteiger partial charge in [-0.2, -0.15) is 18.3 Å². The normalized spacial score (nSPS) is 11.7. The van der Waals surface area contributed by atoms with Gasteiger partial charge in [0.25, 0.3) is 0 Å². The quantitative estimate of drug-likeness (QED) is 0.820. The molecule has 1 aromatic rings. The van der Waals surface area contributed by atoms with Gasteiger partial charge in [-0.1, -0.05) is 18.5 Å². The molecule has 0 aliphatic carbocycles. The van der Waals surface area contributed by atoms with Gasteiger partial charge in [-0.3, -0.25) is 9.48 Å². The zero-order valence-corrected chi connectivity index (χ0v) is 12.1. The number of carbonyl (C=O) groups is 1. The van der Waals surface area contributed by atoms with Crippen molar-refractivity contribution < 1.29 is 18.0 Å². The van der Waals surface area contributed by atoms with E-state index in [-0.39, 0.29) is 23.2 Å². The van der Waals surface area contributed by atoms with E-state index in [0.717, 1.165) is 6.42 Å². The molecule has 0 aliphatic heterocycles. The van der Waals surface area contributed by atoms with Gasteiger partial charge < -0.3 is 5.32 Å². The highest BCUT2D eigenvalue weighted by Gasteiger charge is 2.38. The summed E-state index contributed by atoms with van der Waals surface area (Å²) in [4.78, 5) is 11.2. The Morgan fingerprint density at radius 2 is 2.10 bits per heavy atom. The number of carbonyl (C=O) groups excluding carboxylic acids is 1. The van der Waals surface area contributed by atoms with Crippen LogP contribution >= 0.6 is 11.6 Å². The fraction of sp³-hybridized carbons (Fsp3) is 0.667. The Morgan fingerprint density at radius 1 is 1.45 bits per heavy atom. The third kappa shape index (κ3) is 4.40. The van der Waals surface area contributed by atoms with Gasteiger partial charge in [0.2, 0.25) is 5.91 Å². The predicted octanol–water partition coefficient (Wildman–Crippen LogP) is 3.17. The van der Waals surface area contributed by atoms with E-state index >= 15 is 0 Å². The molecule has 0 saturated carbocycles. The fourth-order valence-electron chi connectivity index (χ4n) is 1.70. The Hall–Kier alpha value is -1.24. The molecule has 0 fully saturated rings. The van der Waals surface area contributed by atoms with E-state index < -0.39 is 11.9 Å². The van der Waals surface area contributed by atoms with Gasteiger partial charge in [0.05, 0.1) is 10.7 Å². The number of hydrogen-bond donors (Lipinski definition) is 1. The van der Waals surface area contributed by atoms with Crippen LogP contribution in [0, 0.1) is 6.92 Å². The van der Waals surface area contributed by atoms with Crippen LogP contribution in [0.1, 0.15) is 37.6 Å². The van der Waals surface area contributed by atoms with E-state index in [1.165, 1.54) is 11.6 Å². The summed E-state index contributed by atoms with van der Waals surface area (Å²) in [6.07, 6.45) is -2.85. The Balaban J connectivity index is 2.55. The number of alkyl halides is 3. The smallest absolute Gasteiger partial charge is 0.356 e. The molecule has 1 aromatic heterocycles. The van der Waals surface area contributed by atoms with Gasteiger partial charge in [-0.25, -0.2) is 0 Å². The lowest BCUT2D eigenvalue weighted by molar-refractivity contribution is -0.141. The topological polar surface area (TPSA) is 46.9 Å². The fourth-order valence-corrected chi connectivity index (χ4v) is 1.94. The summed E-state index contributed by atoms with van der Waals surface area (Å²) >= 11 is 5.63. The van der Waals surface area contributed by atoms with E-state index in [2.05, 4.69) is 10.4 Å². The number of hydrogen-bond acceptors (Lipinski definition) is 2. The van der Waals surface area contributed by atoms with Crippen LogP contribution in [0.15, 0.2) is 0 Å². The SMILES string of the molecule is CCCC(=O)NCCCn1nc(C(F)(F)F)c(Cl)c1C. The molecule has 0 aromatic carbocycles. The second kappa shape index (κ2) is 6.97. The van der Waals surface area contributed by atoms with Crippen LogP contribution in [0.25, 0.3) is 0 Å². The Bertz CT molecular complexity index is 471. The number of aryl methyl sites for hydroxylation is 1. The highest BCUT2D eigenvalue weighted by Crippen LogP contribution is 2.35. The number of aromatic nitrogens is 2. The molecule has 0 atom stereocenters. The van der Waals surface area contributed by atoms with Crippen molar-refractivity contribution in [3.8, 4) is 0 Å². The minimum Gasteiger partial charge on any atom is -0.356 e. The van der Waals surface area contributed by atoms with Gasteiger partial charge in [-0.15, -0.1) is 0 Å². The third-order valence-electron chi connectivity index (χ3n) is 2.75. The standard InChI is InChI=1S/C12H17ClF3N3O/c1-3-5-9(20)17-6-4-7-19-8(2)10(13)11(18-19)12(14,15)16/h3-7H2,1-2H3,(H,17,20). The van der Waals surface area contributed by atoms with Crippen molar-refractivity contribution in [3.05, 3.63) is 16.4 Å². The Morgan fingerprint density at radius 3 is 2.60 bits per heavy atom. The molecule has 8 heteroatoms. The second-order valence-electron chi connectivity index (χ2n) is 4.42. The van der Waals surface area contributed by atoms with Crippen molar-refractivity contribution in [2.75, 3.05) is 6.54 Å². The molecule has 0 bridgehead atoms. The minimum atomic E-state index is -4.55. The second-order valence-corrected chi connectivity index (χ2v) is 4.80. The summed E-state index contributed by atoms with van der Waals surface area (Å²) < 4.78 is 39.0. The monoisotopic (exact) mass is 311 g/mol. The van der Waals surface area contributed by atoms with Crippen LogP contribution in [0.2, 0.25) is 5.02 Å². The lowest BCUT2D eigenvalue weighted by Crippen LogP contribution is -2.25. The van der Waals surface area contributed by atoms with Gasteiger partial charge in [-0.05, 0) is 19.8 Å². The largest absolute Gasteiger partial charge is 0.436 e. The first-order chi connectivity index (χ1) is 9.27. The molecule has 0 saturated heterocycles. The third-order valence-corrected chi connectivity index (χ3v) is 3.20. The molecule has 0 radical (unpaired) electrons. The summed E-state index contributed by atoms with van der Waals surface area (Å²) in [5.41, 5.74) is -0.787. The van der Waals surface area contributed by atoms with Crippen LogP contribution in [0.3, 0.4) is 0 Å². The first kappa shape index (κ1) is 16.8. The molecule has 0 unspecified atom stereocenters. The first-order valence-corrected chi connectivity index (χ1v) is 6.72. The van der Waals surface area contributed by atoms with E-state index in [0.29, 0.717) is 19.4 Å². The molecule has 1 N–H and O–H groups in total. The average Bonchev–Trinajstić information content (AvgIpc) is 2.62. The van der Waals surface area contributed by atoms with Crippen LogP contribution < -0.4 is 5.32 Å². The molecular weight excluding hydrogens is 295 g/mol. The molecule has 1 amide bonds. The molecule has 0 aliphatic rings. The van der Waals surface area contributed by atoms with Crippen molar-refractivity contribution in [2.45, 2.75) is 45.8 Å².